The summed E-state index contributed by atoms with van der Waals surface area (Å²) < 4.78 is 0. The van der Waals surface area contributed by atoms with Gasteiger partial charge in [0.15, 0.2) is 0 Å². The van der Waals surface area contributed by atoms with E-state index in [0.717, 1.165) is 6.54 Å². The number of rotatable bonds is 3. The van der Waals surface area contributed by atoms with Crippen LogP contribution in [0.1, 0.15) is 6.42 Å². The molecule has 0 bridgehead atoms. The summed E-state index contributed by atoms with van der Waals surface area (Å²) in [6.07, 6.45) is 0.703. The van der Waals surface area contributed by atoms with Crippen molar-refractivity contribution in [1.29, 1.82) is 0 Å². The van der Waals surface area contributed by atoms with Gasteiger partial charge in [-0.25, -0.2) is 0 Å². The molecule has 0 radical (unpaired) electrons. The highest BCUT2D eigenvalue weighted by atomic mass is 32.2. The smallest absolute Gasteiger partial charge is 0.320 e. The third kappa shape index (κ3) is 2.73. The van der Waals surface area contributed by atoms with Crippen LogP contribution in [0.25, 0.3) is 0 Å². The standard InChI is InChI=1S/C11H13NO2S/c13-11(14)10-6-9(7-12-10)15-8-4-2-1-3-5-8/h1-5,9-10,12H,6-7H2,(H,13,14)/t9-,10-/m1/s1. The van der Waals surface area contributed by atoms with E-state index < -0.39 is 5.97 Å². The number of carboxylic acid groups (broad SMARTS) is 1. The van der Waals surface area contributed by atoms with Gasteiger partial charge < -0.3 is 10.4 Å². The molecule has 3 nitrogen and oxygen atoms in total. The zero-order chi connectivity index (χ0) is 10.7. The van der Waals surface area contributed by atoms with Crippen LogP contribution in [0.3, 0.4) is 0 Å². The Balaban J connectivity index is 1.90. The largest absolute Gasteiger partial charge is 0.480 e. The van der Waals surface area contributed by atoms with Crippen LogP contribution < -0.4 is 5.32 Å². The number of carbonyl (C=O) groups is 1. The Kier molecular flexibility index (Phi) is 3.28. The van der Waals surface area contributed by atoms with E-state index in [9.17, 15) is 4.79 Å². The molecule has 80 valence electrons. The molecule has 0 aromatic heterocycles. The van der Waals surface area contributed by atoms with Crippen molar-refractivity contribution in [1.82, 2.24) is 5.32 Å². The van der Waals surface area contributed by atoms with Gasteiger partial charge in [0.1, 0.15) is 6.04 Å². The number of nitrogens with one attached hydrogen (secondary N) is 1. The number of hydrogen-bond donors (Lipinski definition) is 2. The fourth-order valence-electron chi connectivity index (χ4n) is 1.67. The summed E-state index contributed by atoms with van der Waals surface area (Å²) in [7, 11) is 0. The summed E-state index contributed by atoms with van der Waals surface area (Å²) in [6, 6.07) is 9.72. The molecule has 0 saturated carbocycles. The predicted molar refractivity (Wildman–Crippen MR) is 60.1 cm³/mol. The van der Waals surface area contributed by atoms with Crippen molar-refractivity contribution < 1.29 is 9.90 Å². The number of thioether (sulfide) groups is 1. The monoisotopic (exact) mass is 223 g/mol. The van der Waals surface area contributed by atoms with Crippen molar-refractivity contribution in [2.75, 3.05) is 6.54 Å². The molecule has 2 atom stereocenters. The summed E-state index contributed by atoms with van der Waals surface area (Å²) in [4.78, 5) is 11.9. The third-order valence-corrected chi connectivity index (χ3v) is 3.67. The topological polar surface area (TPSA) is 49.3 Å². The maximum absolute atomic E-state index is 10.7. The summed E-state index contributed by atoms with van der Waals surface area (Å²) >= 11 is 1.75. The number of aliphatic carboxylic acids is 1. The normalized spacial score (nSPS) is 25.3. The molecular formula is C11H13NO2S. The van der Waals surface area contributed by atoms with Gasteiger partial charge in [-0.15, -0.1) is 11.8 Å². The second kappa shape index (κ2) is 4.68. The van der Waals surface area contributed by atoms with Crippen LogP contribution >= 0.6 is 11.8 Å². The Labute approximate surface area is 92.9 Å². The van der Waals surface area contributed by atoms with Crippen molar-refractivity contribution in [2.45, 2.75) is 22.6 Å². The van der Waals surface area contributed by atoms with Gasteiger partial charge in [0.2, 0.25) is 0 Å². The third-order valence-electron chi connectivity index (χ3n) is 2.43. The Bertz CT molecular complexity index is 342. The molecule has 0 aliphatic carbocycles. The molecule has 1 saturated heterocycles. The highest BCUT2D eigenvalue weighted by Crippen LogP contribution is 2.28. The lowest BCUT2D eigenvalue weighted by Gasteiger charge is -2.07. The number of carboxylic acids is 1. The minimum absolute atomic E-state index is 0.369. The number of benzene rings is 1. The van der Waals surface area contributed by atoms with Gasteiger partial charge in [0.25, 0.3) is 0 Å². The molecule has 0 amide bonds. The Hall–Kier alpha value is -1.00. The average molecular weight is 223 g/mol. The molecule has 4 heteroatoms. The molecule has 1 aromatic carbocycles. The van der Waals surface area contributed by atoms with E-state index in [-0.39, 0.29) is 6.04 Å². The Morgan fingerprint density at radius 1 is 1.40 bits per heavy atom. The first-order valence-electron chi connectivity index (χ1n) is 4.93. The summed E-state index contributed by atoms with van der Waals surface area (Å²) in [5.74, 6) is -0.744. The molecule has 1 heterocycles. The van der Waals surface area contributed by atoms with Crippen LogP contribution in [0.4, 0.5) is 0 Å². The summed E-state index contributed by atoms with van der Waals surface area (Å²) in [5.41, 5.74) is 0. The maximum atomic E-state index is 10.7. The number of hydrogen-bond acceptors (Lipinski definition) is 3. The minimum atomic E-state index is -0.744. The van der Waals surface area contributed by atoms with Gasteiger partial charge in [-0.3, -0.25) is 4.79 Å². The lowest BCUT2D eigenvalue weighted by Crippen LogP contribution is -2.29. The van der Waals surface area contributed by atoms with Crippen LogP contribution in [-0.2, 0) is 4.79 Å². The first-order chi connectivity index (χ1) is 7.25. The Morgan fingerprint density at radius 2 is 2.13 bits per heavy atom. The zero-order valence-electron chi connectivity index (χ0n) is 8.22. The molecular weight excluding hydrogens is 210 g/mol. The maximum Gasteiger partial charge on any atom is 0.320 e. The molecule has 2 N–H and O–H groups in total. The molecule has 1 fully saturated rings. The van der Waals surface area contributed by atoms with Crippen molar-refractivity contribution in [3.05, 3.63) is 30.3 Å². The van der Waals surface area contributed by atoms with Crippen molar-refractivity contribution in [3.8, 4) is 0 Å². The molecule has 15 heavy (non-hydrogen) atoms. The summed E-state index contributed by atoms with van der Waals surface area (Å²) in [6.45, 7) is 0.774. The van der Waals surface area contributed by atoms with Crippen LogP contribution in [0.5, 0.6) is 0 Å². The van der Waals surface area contributed by atoms with E-state index >= 15 is 0 Å². The quantitative estimate of drug-likeness (QED) is 0.817. The van der Waals surface area contributed by atoms with Gasteiger partial charge in [-0.05, 0) is 18.6 Å². The van der Waals surface area contributed by atoms with Crippen molar-refractivity contribution in [2.24, 2.45) is 0 Å². The van der Waals surface area contributed by atoms with Gasteiger partial charge in [-0.1, -0.05) is 18.2 Å². The molecule has 1 aliphatic rings. The second-order valence-corrected chi connectivity index (χ2v) is 4.96. The second-order valence-electron chi connectivity index (χ2n) is 3.59. The Morgan fingerprint density at radius 3 is 2.73 bits per heavy atom. The minimum Gasteiger partial charge on any atom is -0.480 e. The molecule has 2 rings (SSSR count). The van der Waals surface area contributed by atoms with Gasteiger partial charge in [-0.2, -0.15) is 0 Å². The van der Waals surface area contributed by atoms with E-state index in [4.69, 9.17) is 5.11 Å². The fraction of sp³-hybridized carbons (Fsp3) is 0.364. The van der Waals surface area contributed by atoms with E-state index in [1.54, 1.807) is 11.8 Å². The van der Waals surface area contributed by atoms with Gasteiger partial charge in [0.05, 0.1) is 0 Å². The van der Waals surface area contributed by atoms with Crippen LogP contribution in [-0.4, -0.2) is 28.9 Å². The van der Waals surface area contributed by atoms with Gasteiger partial charge >= 0.3 is 5.97 Å². The molecule has 1 aromatic rings. The van der Waals surface area contributed by atoms with Crippen LogP contribution in [0.2, 0.25) is 0 Å². The fourth-order valence-corrected chi connectivity index (χ4v) is 2.84. The van der Waals surface area contributed by atoms with E-state index in [1.165, 1.54) is 4.90 Å². The molecule has 0 spiro atoms. The van der Waals surface area contributed by atoms with Crippen molar-refractivity contribution in [3.63, 3.8) is 0 Å². The van der Waals surface area contributed by atoms with E-state index in [1.807, 2.05) is 18.2 Å². The molecule has 0 unspecified atom stereocenters. The van der Waals surface area contributed by atoms with E-state index in [2.05, 4.69) is 17.4 Å². The SMILES string of the molecule is O=C(O)[C@H]1C[C@@H](Sc2ccccc2)CN1. The van der Waals surface area contributed by atoms with E-state index in [0.29, 0.717) is 11.7 Å². The zero-order valence-corrected chi connectivity index (χ0v) is 9.04. The van der Waals surface area contributed by atoms with Crippen LogP contribution in [0.15, 0.2) is 35.2 Å². The lowest BCUT2D eigenvalue weighted by atomic mass is 10.2. The van der Waals surface area contributed by atoms with Crippen molar-refractivity contribution >= 4 is 17.7 Å². The highest BCUT2D eigenvalue weighted by molar-refractivity contribution is 8.00. The first-order valence-corrected chi connectivity index (χ1v) is 5.81. The van der Waals surface area contributed by atoms with Crippen LogP contribution in [0, 0.1) is 0 Å². The average Bonchev–Trinajstić information content (AvgIpc) is 2.68. The highest BCUT2D eigenvalue weighted by Gasteiger charge is 2.29. The van der Waals surface area contributed by atoms with Gasteiger partial charge in [0, 0.05) is 16.7 Å². The summed E-state index contributed by atoms with van der Waals surface area (Å²) in [5, 5.41) is 12.2. The predicted octanol–water partition coefficient (Wildman–Crippen LogP) is 1.59. The first kappa shape index (κ1) is 10.5. The molecule has 1 aliphatic heterocycles. The lowest BCUT2D eigenvalue weighted by molar-refractivity contribution is -0.139.